The fraction of sp³-hybridized carbons (Fsp3) is 0.750. The number of thiazole rings is 1. The maximum absolute atomic E-state index is 5.35. The molecule has 0 bridgehead atoms. The molecule has 1 N–H and O–H groups in total. The fourth-order valence-corrected chi connectivity index (χ4v) is 3.10. The van der Waals surface area contributed by atoms with Gasteiger partial charge < -0.3 is 10.1 Å². The van der Waals surface area contributed by atoms with E-state index in [1.807, 2.05) is 0 Å². The predicted octanol–water partition coefficient (Wildman–Crippen LogP) is 2.39. The zero-order valence-electron chi connectivity index (χ0n) is 10.2. The van der Waals surface area contributed by atoms with E-state index in [9.17, 15) is 0 Å². The maximum atomic E-state index is 5.35. The van der Waals surface area contributed by atoms with E-state index in [4.69, 9.17) is 9.72 Å². The van der Waals surface area contributed by atoms with Crippen LogP contribution in [0.3, 0.4) is 0 Å². The third-order valence-corrected chi connectivity index (χ3v) is 3.82. The number of hydrogen-bond donors (Lipinski definition) is 1. The molecule has 4 heteroatoms. The minimum absolute atomic E-state index is 0.347. The first-order valence-corrected chi connectivity index (χ1v) is 6.77. The standard InChI is InChI=1S/C12H20N2OS/c1-8(2)4-12-14-11(7-16-12)10-5-9(15-3)6-13-10/h7-10,13H,4-6H2,1-3H3. The van der Waals surface area contributed by atoms with E-state index in [-0.39, 0.29) is 0 Å². The molecular weight excluding hydrogens is 220 g/mol. The second kappa shape index (κ2) is 5.25. The summed E-state index contributed by atoms with van der Waals surface area (Å²) in [5.74, 6) is 0.683. The molecule has 0 amide bonds. The van der Waals surface area contributed by atoms with Crippen molar-refractivity contribution < 1.29 is 4.74 Å². The van der Waals surface area contributed by atoms with E-state index in [1.165, 1.54) is 10.7 Å². The Kier molecular flexibility index (Phi) is 3.95. The van der Waals surface area contributed by atoms with E-state index in [0.29, 0.717) is 18.1 Å². The van der Waals surface area contributed by atoms with Crippen LogP contribution in [0.25, 0.3) is 0 Å². The maximum Gasteiger partial charge on any atom is 0.0931 e. The van der Waals surface area contributed by atoms with Crippen LogP contribution in [-0.2, 0) is 11.2 Å². The van der Waals surface area contributed by atoms with Crippen LogP contribution in [0.4, 0.5) is 0 Å². The van der Waals surface area contributed by atoms with Crippen LogP contribution in [0, 0.1) is 5.92 Å². The molecule has 0 radical (unpaired) electrons. The van der Waals surface area contributed by atoms with E-state index < -0.39 is 0 Å². The van der Waals surface area contributed by atoms with E-state index in [1.54, 1.807) is 18.4 Å². The summed E-state index contributed by atoms with van der Waals surface area (Å²) < 4.78 is 5.35. The minimum atomic E-state index is 0.347. The van der Waals surface area contributed by atoms with Crippen molar-refractivity contribution in [1.29, 1.82) is 0 Å². The van der Waals surface area contributed by atoms with Gasteiger partial charge in [0.1, 0.15) is 0 Å². The van der Waals surface area contributed by atoms with Crippen molar-refractivity contribution in [2.75, 3.05) is 13.7 Å². The van der Waals surface area contributed by atoms with E-state index in [0.717, 1.165) is 19.4 Å². The molecule has 0 spiro atoms. The molecule has 1 saturated heterocycles. The monoisotopic (exact) mass is 240 g/mol. The van der Waals surface area contributed by atoms with Gasteiger partial charge in [0.2, 0.25) is 0 Å². The molecule has 1 aliphatic rings. The first kappa shape index (κ1) is 12.0. The van der Waals surface area contributed by atoms with Crippen LogP contribution in [-0.4, -0.2) is 24.7 Å². The highest BCUT2D eigenvalue weighted by Crippen LogP contribution is 2.26. The molecule has 3 nitrogen and oxygen atoms in total. The van der Waals surface area contributed by atoms with Crippen molar-refractivity contribution in [3.63, 3.8) is 0 Å². The molecule has 0 aromatic carbocycles. The van der Waals surface area contributed by atoms with Gasteiger partial charge in [0.05, 0.1) is 22.8 Å². The first-order chi connectivity index (χ1) is 7.69. The number of methoxy groups -OCH3 is 1. The second-order valence-electron chi connectivity index (χ2n) is 4.82. The molecule has 2 unspecified atom stereocenters. The summed E-state index contributed by atoms with van der Waals surface area (Å²) in [5.41, 5.74) is 1.19. The lowest BCUT2D eigenvalue weighted by Crippen LogP contribution is -2.16. The molecule has 90 valence electrons. The number of hydrogen-bond acceptors (Lipinski definition) is 4. The van der Waals surface area contributed by atoms with Crippen LogP contribution >= 0.6 is 11.3 Å². The lowest BCUT2D eigenvalue weighted by molar-refractivity contribution is 0.117. The Bertz CT molecular complexity index is 338. The molecular formula is C12H20N2OS. The van der Waals surface area contributed by atoms with Crippen LogP contribution < -0.4 is 5.32 Å². The van der Waals surface area contributed by atoms with E-state index >= 15 is 0 Å². The second-order valence-corrected chi connectivity index (χ2v) is 5.76. The fourth-order valence-electron chi connectivity index (χ4n) is 2.04. The molecule has 1 aliphatic heterocycles. The number of ether oxygens (including phenoxy) is 1. The van der Waals surface area contributed by atoms with Crippen molar-refractivity contribution in [2.24, 2.45) is 5.92 Å². The molecule has 1 aromatic rings. The average Bonchev–Trinajstić information content (AvgIpc) is 2.83. The largest absolute Gasteiger partial charge is 0.380 e. The van der Waals surface area contributed by atoms with Gasteiger partial charge in [-0.15, -0.1) is 11.3 Å². The number of aromatic nitrogens is 1. The van der Waals surface area contributed by atoms with Gasteiger partial charge in [0, 0.05) is 25.5 Å². The van der Waals surface area contributed by atoms with Crippen molar-refractivity contribution in [2.45, 2.75) is 38.8 Å². The highest BCUT2D eigenvalue weighted by atomic mass is 32.1. The SMILES string of the molecule is COC1CNC(c2csc(CC(C)C)n2)C1. The zero-order valence-corrected chi connectivity index (χ0v) is 11.0. The van der Waals surface area contributed by atoms with Crippen molar-refractivity contribution in [3.05, 3.63) is 16.1 Å². The first-order valence-electron chi connectivity index (χ1n) is 5.89. The quantitative estimate of drug-likeness (QED) is 0.877. The van der Waals surface area contributed by atoms with Crippen molar-refractivity contribution in [3.8, 4) is 0 Å². The van der Waals surface area contributed by atoms with Crippen molar-refractivity contribution in [1.82, 2.24) is 10.3 Å². The third-order valence-electron chi connectivity index (χ3n) is 2.93. The Hall–Kier alpha value is -0.450. The predicted molar refractivity (Wildman–Crippen MR) is 66.8 cm³/mol. The molecule has 0 aliphatic carbocycles. The topological polar surface area (TPSA) is 34.1 Å². The van der Waals surface area contributed by atoms with Gasteiger partial charge in [-0.05, 0) is 12.3 Å². The lowest BCUT2D eigenvalue weighted by atomic mass is 10.1. The highest BCUT2D eigenvalue weighted by Gasteiger charge is 2.26. The summed E-state index contributed by atoms with van der Waals surface area (Å²) in [5, 5.41) is 6.90. The molecule has 1 aromatic heterocycles. The van der Waals surface area contributed by atoms with Gasteiger partial charge in [-0.1, -0.05) is 13.8 Å². The summed E-state index contributed by atoms with van der Waals surface area (Å²) in [7, 11) is 1.78. The average molecular weight is 240 g/mol. The number of rotatable bonds is 4. The van der Waals surface area contributed by atoms with Crippen LogP contribution in [0.5, 0.6) is 0 Å². The molecule has 16 heavy (non-hydrogen) atoms. The van der Waals surface area contributed by atoms with Gasteiger partial charge in [-0.25, -0.2) is 4.98 Å². The Morgan fingerprint density at radius 1 is 1.62 bits per heavy atom. The van der Waals surface area contributed by atoms with Crippen LogP contribution in [0.1, 0.15) is 37.0 Å². The van der Waals surface area contributed by atoms with Gasteiger partial charge in [-0.3, -0.25) is 0 Å². The normalized spacial score (nSPS) is 25.5. The zero-order chi connectivity index (χ0) is 11.5. The molecule has 2 heterocycles. The van der Waals surface area contributed by atoms with Gasteiger partial charge in [-0.2, -0.15) is 0 Å². The lowest BCUT2D eigenvalue weighted by Gasteiger charge is -2.06. The smallest absolute Gasteiger partial charge is 0.0931 e. The molecule has 2 rings (SSSR count). The van der Waals surface area contributed by atoms with Gasteiger partial charge in [0.25, 0.3) is 0 Å². The summed E-state index contributed by atoms with van der Waals surface area (Å²) in [6, 6.07) is 0.391. The third kappa shape index (κ3) is 2.81. The van der Waals surface area contributed by atoms with Gasteiger partial charge in [0.15, 0.2) is 0 Å². The molecule has 2 atom stereocenters. The Labute approximate surface area is 101 Å². The van der Waals surface area contributed by atoms with Crippen molar-refractivity contribution >= 4 is 11.3 Å². The molecule has 0 saturated carbocycles. The van der Waals surface area contributed by atoms with Crippen LogP contribution in [0.15, 0.2) is 5.38 Å². The van der Waals surface area contributed by atoms with Crippen LogP contribution in [0.2, 0.25) is 0 Å². The molecule has 1 fully saturated rings. The Morgan fingerprint density at radius 2 is 2.44 bits per heavy atom. The summed E-state index contributed by atoms with van der Waals surface area (Å²) in [4.78, 5) is 4.70. The number of nitrogens with one attached hydrogen (secondary N) is 1. The Balaban J connectivity index is 1.97. The van der Waals surface area contributed by atoms with E-state index in [2.05, 4.69) is 24.5 Å². The summed E-state index contributed by atoms with van der Waals surface area (Å²) in [6.45, 7) is 5.41. The summed E-state index contributed by atoms with van der Waals surface area (Å²) in [6.07, 6.45) is 2.48. The number of nitrogens with zero attached hydrogens (tertiary/aromatic N) is 1. The Morgan fingerprint density at radius 3 is 3.06 bits per heavy atom. The highest BCUT2D eigenvalue weighted by molar-refractivity contribution is 7.09. The minimum Gasteiger partial charge on any atom is -0.380 e. The summed E-state index contributed by atoms with van der Waals surface area (Å²) >= 11 is 1.78. The van der Waals surface area contributed by atoms with Gasteiger partial charge >= 0.3 is 0 Å².